The van der Waals surface area contributed by atoms with Crippen LogP contribution in [-0.4, -0.2) is 48.0 Å². The van der Waals surface area contributed by atoms with E-state index in [1.807, 2.05) is 0 Å². The van der Waals surface area contributed by atoms with E-state index in [0.717, 1.165) is 4.90 Å². The van der Waals surface area contributed by atoms with Crippen molar-refractivity contribution in [2.75, 3.05) is 24.2 Å². The van der Waals surface area contributed by atoms with Crippen molar-refractivity contribution in [3.8, 4) is 0 Å². The molecular weight excluding hydrogens is 358 g/mol. The number of amides is 2. The Balaban J connectivity index is 2.09. The van der Waals surface area contributed by atoms with Gasteiger partial charge in [0, 0.05) is 19.4 Å². The molecule has 132 valence electrons. The Kier molecular flexibility index (Phi) is 5.38. The molecule has 2 N–H and O–H groups in total. The van der Waals surface area contributed by atoms with Crippen LogP contribution in [0, 0.1) is 0 Å². The predicted octanol–water partition coefficient (Wildman–Crippen LogP) is -0.832. The standard InChI is InChI=1S/C13H17N3O6S2/c1-14-23(19,20)9-8-15-24(21,22)11-4-2-10(3-5-11)16-12(17)6-7-13(16)18/h2-5,14-15H,6-9H2,1H3. The average Bonchev–Trinajstić information content (AvgIpc) is 2.86. The molecule has 2 rings (SSSR count). The number of carbonyl (C=O) groups excluding carboxylic acids is 2. The summed E-state index contributed by atoms with van der Waals surface area (Å²) in [7, 11) is -6.16. The van der Waals surface area contributed by atoms with Gasteiger partial charge in [-0.1, -0.05) is 0 Å². The van der Waals surface area contributed by atoms with Crippen LogP contribution >= 0.6 is 0 Å². The Morgan fingerprint density at radius 2 is 1.54 bits per heavy atom. The maximum absolute atomic E-state index is 12.1. The molecule has 9 nitrogen and oxygen atoms in total. The van der Waals surface area contributed by atoms with Gasteiger partial charge in [-0.15, -0.1) is 0 Å². The molecule has 24 heavy (non-hydrogen) atoms. The fourth-order valence-electron chi connectivity index (χ4n) is 2.13. The molecule has 2 amide bonds. The van der Waals surface area contributed by atoms with Crippen LogP contribution in [-0.2, 0) is 29.6 Å². The summed E-state index contributed by atoms with van der Waals surface area (Å²) < 4.78 is 51.0. The zero-order valence-electron chi connectivity index (χ0n) is 12.9. The van der Waals surface area contributed by atoms with Gasteiger partial charge in [0.15, 0.2) is 0 Å². The first-order valence-corrected chi connectivity index (χ1v) is 10.2. The van der Waals surface area contributed by atoms with Gasteiger partial charge in [0.05, 0.1) is 16.3 Å². The van der Waals surface area contributed by atoms with Crippen LogP contribution in [0.25, 0.3) is 0 Å². The number of nitrogens with one attached hydrogen (secondary N) is 2. The third-order valence-electron chi connectivity index (χ3n) is 3.43. The SMILES string of the molecule is CNS(=O)(=O)CCNS(=O)(=O)c1ccc(N2C(=O)CCC2=O)cc1. The summed E-state index contributed by atoms with van der Waals surface area (Å²) in [6.07, 6.45) is 0.279. The molecule has 1 aromatic carbocycles. The highest BCUT2D eigenvalue weighted by atomic mass is 32.2. The number of anilines is 1. The Morgan fingerprint density at radius 3 is 2.04 bits per heavy atom. The van der Waals surface area contributed by atoms with Crippen LogP contribution in [0.2, 0.25) is 0 Å². The summed E-state index contributed by atoms with van der Waals surface area (Å²) in [5, 5.41) is 0. The third kappa shape index (κ3) is 4.17. The van der Waals surface area contributed by atoms with Crippen LogP contribution < -0.4 is 14.3 Å². The molecule has 1 aliphatic rings. The van der Waals surface area contributed by atoms with Gasteiger partial charge >= 0.3 is 0 Å². The van der Waals surface area contributed by atoms with Crippen molar-refractivity contribution in [1.82, 2.24) is 9.44 Å². The third-order valence-corrected chi connectivity index (χ3v) is 6.27. The van der Waals surface area contributed by atoms with Crippen molar-refractivity contribution >= 4 is 37.5 Å². The normalized spacial score (nSPS) is 16.0. The number of benzene rings is 1. The minimum Gasteiger partial charge on any atom is -0.274 e. The van der Waals surface area contributed by atoms with Gasteiger partial charge in [-0.25, -0.2) is 26.3 Å². The van der Waals surface area contributed by atoms with Crippen molar-refractivity contribution in [1.29, 1.82) is 0 Å². The largest absolute Gasteiger partial charge is 0.274 e. The molecule has 0 aromatic heterocycles. The second-order valence-corrected chi connectivity index (χ2v) is 8.85. The van der Waals surface area contributed by atoms with Gasteiger partial charge in [-0.2, -0.15) is 0 Å². The van der Waals surface area contributed by atoms with E-state index < -0.39 is 25.8 Å². The molecule has 0 aliphatic carbocycles. The number of rotatable bonds is 7. The van der Waals surface area contributed by atoms with E-state index in [-0.39, 0.29) is 36.1 Å². The molecular formula is C13H17N3O6S2. The number of sulfonamides is 2. The van der Waals surface area contributed by atoms with E-state index in [1.54, 1.807) is 0 Å². The number of imide groups is 1. The average molecular weight is 375 g/mol. The first kappa shape index (κ1) is 18.5. The zero-order chi connectivity index (χ0) is 18.0. The van der Waals surface area contributed by atoms with Gasteiger partial charge in [0.2, 0.25) is 31.9 Å². The molecule has 1 saturated heterocycles. The number of nitrogens with zero attached hydrogens (tertiary/aromatic N) is 1. The van der Waals surface area contributed by atoms with Crippen LogP contribution in [0.4, 0.5) is 5.69 Å². The summed E-state index contributed by atoms with van der Waals surface area (Å²) in [4.78, 5) is 24.2. The van der Waals surface area contributed by atoms with E-state index in [2.05, 4.69) is 9.44 Å². The lowest BCUT2D eigenvalue weighted by Crippen LogP contribution is -2.33. The number of hydrogen-bond acceptors (Lipinski definition) is 6. The second-order valence-electron chi connectivity index (χ2n) is 5.04. The van der Waals surface area contributed by atoms with Crippen LogP contribution in [0.3, 0.4) is 0 Å². The lowest BCUT2D eigenvalue weighted by Gasteiger charge is -2.14. The molecule has 0 saturated carbocycles. The summed E-state index contributed by atoms with van der Waals surface area (Å²) >= 11 is 0. The van der Waals surface area contributed by atoms with E-state index in [4.69, 9.17) is 0 Å². The van der Waals surface area contributed by atoms with Crippen LogP contribution in [0.15, 0.2) is 29.2 Å². The molecule has 1 aliphatic heterocycles. The summed E-state index contributed by atoms with van der Waals surface area (Å²) in [5.41, 5.74) is 0.305. The monoisotopic (exact) mass is 375 g/mol. The van der Waals surface area contributed by atoms with Gasteiger partial charge in [-0.3, -0.25) is 14.5 Å². The highest BCUT2D eigenvalue weighted by Gasteiger charge is 2.30. The van der Waals surface area contributed by atoms with Crippen molar-refractivity contribution in [2.24, 2.45) is 0 Å². The first-order valence-electron chi connectivity index (χ1n) is 7.03. The van der Waals surface area contributed by atoms with Gasteiger partial charge in [0.25, 0.3) is 0 Å². The van der Waals surface area contributed by atoms with Crippen molar-refractivity contribution in [2.45, 2.75) is 17.7 Å². The zero-order valence-corrected chi connectivity index (χ0v) is 14.5. The fraction of sp³-hybridized carbons (Fsp3) is 0.385. The van der Waals surface area contributed by atoms with Gasteiger partial charge in [-0.05, 0) is 31.3 Å². The summed E-state index contributed by atoms with van der Waals surface area (Å²) in [5.74, 6) is -1.05. The van der Waals surface area contributed by atoms with Crippen LogP contribution in [0.1, 0.15) is 12.8 Å². The Morgan fingerprint density at radius 1 is 1.00 bits per heavy atom. The molecule has 1 heterocycles. The smallest absolute Gasteiger partial charge is 0.240 e. The number of carbonyl (C=O) groups is 2. The fourth-order valence-corrected chi connectivity index (χ4v) is 3.87. The summed E-state index contributed by atoms with van der Waals surface area (Å²) in [6.45, 7) is -0.281. The molecule has 0 radical (unpaired) electrons. The van der Waals surface area contributed by atoms with E-state index in [9.17, 15) is 26.4 Å². The molecule has 0 spiro atoms. The minimum absolute atomic E-state index is 0.0906. The quantitative estimate of drug-likeness (QED) is 0.598. The van der Waals surface area contributed by atoms with Crippen LogP contribution in [0.5, 0.6) is 0 Å². The molecule has 1 aromatic rings. The van der Waals surface area contributed by atoms with E-state index in [0.29, 0.717) is 5.69 Å². The van der Waals surface area contributed by atoms with Crippen molar-refractivity contribution < 1.29 is 26.4 Å². The van der Waals surface area contributed by atoms with E-state index in [1.165, 1.54) is 31.3 Å². The van der Waals surface area contributed by atoms with Crippen molar-refractivity contribution in [3.05, 3.63) is 24.3 Å². The topological polar surface area (TPSA) is 130 Å². The summed E-state index contributed by atoms with van der Waals surface area (Å²) in [6, 6.07) is 5.23. The van der Waals surface area contributed by atoms with Gasteiger partial charge in [0.1, 0.15) is 0 Å². The molecule has 0 atom stereocenters. The highest BCUT2D eigenvalue weighted by molar-refractivity contribution is 7.90. The molecule has 11 heteroatoms. The van der Waals surface area contributed by atoms with Gasteiger partial charge < -0.3 is 0 Å². The lowest BCUT2D eigenvalue weighted by molar-refractivity contribution is -0.121. The molecule has 0 unspecified atom stereocenters. The number of hydrogen-bond donors (Lipinski definition) is 2. The Hall–Kier alpha value is -1.82. The maximum Gasteiger partial charge on any atom is 0.240 e. The predicted molar refractivity (Wildman–Crippen MR) is 86.2 cm³/mol. The molecule has 1 fully saturated rings. The minimum atomic E-state index is -3.89. The lowest BCUT2D eigenvalue weighted by atomic mass is 10.3. The highest BCUT2D eigenvalue weighted by Crippen LogP contribution is 2.23. The molecule has 0 bridgehead atoms. The first-order chi connectivity index (χ1) is 11.2. The Bertz CT molecular complexity index is 830. The second kappa shape index (κ2) is 6.97. The van der Waals surface area contributed by atoms with E-state index >= 15 is 0 Å². The van der Waals surface area contributed by atoms with Crippen molar-refractivity contribution in [3.63, 3.8) is 0 Å². The Labute approximate surface area is 140 Å². The maximum atomic E-state index is 12.1.